The molecule has 5 aromatic rings. The fraction of sp³-hybridized carbons (Fsp3) is 0.364. The van der Waals surface area contributed by atoms with E-state index in [4.69, 9.17) is 29.0 Å². The van der Waals surface area contributed by atoms with Crippen LogP contribution in [0.4, 0.5) is 5.95 Å². The Morgan fingerprint density at radius 2 is 1.71 bits per heavy atom. The Hall–Kier alpha value is -4.37. The van der Waals surface area contributed by atoms with Crippen molar-refractivity contribution in [1.29, 1.82) is 0 Å². The molecule has 0 saturated carbocycles. The van der Waals surface area contributed by atoms with E-state index in [1.807, 2.05) is 22.8 Å². The number of hydrogen-bond donors (Lipinski definition) is 0. The van der Waals surface area contributed by atoms with Crippen LogP contribution in [-0.4, -0.2) is 58.3 Å². The molecule has 0 atom stereocenters. The van der Waals surface area contributed by atoms with Crippen molar-refractivity contribution in [2.75, 3.05) is 38.8 Å². The summed E-state index contributed by atoms with van der Waals surface area (Å²) in [5, 5.41) is 4.91. The molecule has 2 aliphatic rings. The van der Waals surface area contributed by atoms with Gasteiger partial charge in [0.2, 0.25) is 11.8 Å². The third-order valence-electron chi connectivity index (χ3n) is 8.62. The molecule has 7 rings (SSSR count). The van der Waals surface area contributed by atoms with E-state index < -0.39 is 0 Å². The van der Waals surface area contributed by atoms with Gasteiger partial charge in [-0.2, -0.15) is 4.52 Å². The van der Waals surface area contributed by atoms with E-state index >= 15 is 0 Å². The molecule has 5 heterocycles. The lowest BCUT2D eigenvalue weighted by Crippen LogP contribution is -2.36. The first-order valence-electron chi connectivity index (χ1n) is 14.7. The summed E-state index contributed by atoms with van der Waals surface area (Å²) in [7, 11) is 3.37. The van der Waals surface area contributed by atoms with Gasteiger partial charge < -0.3 is 18.8 Å². The molecule has 2 aliphatic heterocycles. The highest BCUT2D eigenvalue weighted by atomic mass is 16.5. The summed E-state index contributed by atoms with van der Waals surface area (Å²) in [6.07, 6.45) is 7.97. The highest BCUT2D eigenvalue weighted by Crippen LogP contribution is 2.34. The van der Waals surface area contributed by atoms with Gasteiger partial charge in [0.1, 0.15) is 0 Å². The molecule has 9 heteroatoms. The van der Waals surface area contributed by atoms with Crippen molar-refractivity contribution in [3.63, 3.8) is 0 Å². The van der Waals surface area contributed by atoms with E-state index in [-0.39, 0.29) is 0 Å². The summed E-state index contributed by atoms with van der Waals surface area (Å²) in [6, 6.07) is 18.8. The van der Waals surface area contributed by atoms with Crippen LogP contribution >= 0.6 is 0 Å². The van der Waals surface area contributed by atoms with Crippen LogP contribution in [0, 0.1) is 5.92 Å². The highest BCUT2D eigenvalue weighted by Gasteiger charge is 2.26. The quantitative estimate of drug-likeness (QED) is 0.247. The molecule has 3 aromatic heterocycles. The van der Waals surface area contributed by atoms with Gasteiger partial charge in [0.25, 0.3) is 0 Å². The number of ether oxygens (including phenoxy) is 2. The lowest BCUT2D eigenvalue weighted by molar-refractivity contribution is 0.244. The van der Waals surface area contributed by atoms with Crippen molar-refractivity contribution in [2.45, 2.75) is 38.8 Å². The molecule has 0 bridgehead atoms. The topological polar surface area (TPSA) is 81.2 Å². The second-order valence-corrected chi connectivity index (χ2v) is 11.3. The molecular weight excluding hydrogens is 528 g/mol. The van der Waals surface area contributed by atoms with Crippen LogP contribution < -0.4 is 14.4 Å². The standard InChI is InChI=1S/C33H36N6O3/c1-40-29-18-25-12-13-37(21-26(25)19-30(29)41-2)22-27-20-34-33(39-32(27)35-31(36-39)28-9-6-16-42-28)38-14-10-24(11-15-38)17-23-7-4-3-5-8-23/h3-9,16,18-20,24H,10-15,17,21-22H2,1-2H3. The number of furan rings is 1. The van der Waals surface area contributed by atoms with Gasteiger partial charge in [-0.3, -0.25) is 4.90 Å². The van der Waals surface area contributed by atoms with Crippen molar-refractivity contribution in [1.82, 2.24) is 24.5 Å². The summed E-state index contributed by atoms with van der Waals surface area (Å²) in [5.41, 5.74) is 5.86. The summed E-state index contributed by atoms with van der Waals surface area (Å²) < 4.78 is 18.7. The number of benzene rings is 2. The van der Waals surface area contributed by atoms with Crippen LogP contribution in [0.15, 0.2) is 71.5 Å². The number of anilines is 1. The lowest BCUT2D eigenvalue weighted by Gasteiger charge is -2.33. The van der Waals surface area contributed by atoms with Gasteiger partial charge in [0, 0.05) is 44.5 Å². The van der Waals surface area contributed by atoms with Gasteiger partial charge in [-0.15, -0.1) is 5.10 Å². The third-order valence-corrected chi connectivity index (χ3v) is 8.62. The minimum absolute atomic E-state index is 0.579. The zero-order valence-corrected chi connectivity index (χ0v) is 24.2. The number of fused-ring (bicyclic) bond motifs is 2. The maximum atomic E-state index is 5.67. The number of aromatic nitrogens is 4. The van der Waals surface area contributed by atoms with Crippen LogP contribution in [0.1, 0.15) is 35.1 Å². The van der Waals surface area contributed by atoms with E-state index in [1.165, 1.54) is 16.7 Å². The normalized spacial score (nSPS) is 16.1. The van der Waals surface area contributed by atoms with E-state index in [2.05, 4.69) is 52.3 Å². The van der Waals surface area contributed by atoms with E-state index in [1.54, 1.807) is 20.5 Å². The molecule has 9 nitrogen and oxygen atoms in total. The maximum Gasteiger partial charge on any atom is 0.228 e. The Balaban J connectivity index is 1.14. The zero-order chi connectivity index (χ0) is 28.5. The molecular formula is C33H36N6O3. The number of methoxy groups -OCH3 is 2. The Labute approximate surface area is 245 Å². The molecule has 0 radical (unpaired) electrons. The van der Waals surface area contributed by atoms with Crippen LogP contribution in [0.5, 0.6) is 11.5 Å². The molecule has 1 fully saturated rings. The van der Waals surface area contributed by atoms with Crippen molar-refractivity contribution in [2.24, 2.45) is 5.92 Å². The average molecular weight is 565 g/mol. The predicted octanol–water partition coefficient (Wildman–Crippen LogP) is 5.42. The van der Waals surface area contributed by atoms with Gasteiger partial charge in [0.15, 0.2) is 22.9 Å². The predicted molar refractivity (Wildman–Crippen MR) is 161 cm³/mol. The van der Waals surface area contributed by atoms with Gasteiger partial charge in [-0.05, 0) is 72.6 Å². The molecule has 0 amide bonds. The highest BCUT2D eigenvalue weighted by molar-refractivity contribution is 5.58. The van der Waals surface area contributed by atoms with Crippen LogP contribution in [-0.2, 0) is 25.9 Å². The molecule has 0 aliphatic carbocycles. The van der Waals surface area contributed by atoms with Crippen molar-refractivity contribution in [3.05, 3.63) is 89.3 Å². The second-order valence-electron chi connectivity index (χ2n) is 11.3. The number of hydrogen-bond acceptors (Lipinski definition) is 8. The average Bonchev–Trinajstić information content (AvgIpc) is 3.73. The maximum absolute atomic E-state index is 5.67. The van der Waals surface area contributed by atoms with Gasteiger partial charge in [-0.25, -0.2) is 9.97 Å². The number of rotatable bonds is 8. The summed E-state index contributed by atoms with van der Waals surface area (Å²) in [5.74, 6) is 4.30. The first-order valence-corrected chi connectivity index (χ1v) is 14.7. The minimum atomic E-state index is 0.579. The van der Waals surface area contributed by atoms with Crippen molar-refractivity contribution < 1.29 is 13.9 Å². The van der Waals surface area contributed by atoms with Gasteiger partial charge >= 0.3 is 0 Å². The molecule has 0 spiro atoms. The van der Waals surface area contributed by atoms with E-state index in [9.17, 15) is 0 Å². The number of piperidine rings is 1. The number of nitrogens with zero attached hydrogens (tertiary/aromatic N) is 6. The Morgan fingerprint density at radius 1 is 0.929 bits per heavy atom. The summed E-state index contributed by atoms with van der Waals surface area (Å²) in [6.45, 7) is 4.37. The van der Waals surface area contributed by atoms with E-state index in [0.29, 0.717) is 17.5 Å². The van der Waals surface area contributed by atoms with E-state index in [0.717, 1.165) is 87.1 Å². The fourth-order valence-corrected chi connectivity index (χ4v) is 6.35. The summed E-state index contributed by atoms with van der Waals surface area (Å²) in [4.78, 5) is 14.7. The SMILES string of the molecule is COc1cc2c(cc1OC)CN(Cc1cnc(N3CCC(Cc4ccccc4)CC3)n3nc(-c4ccco4)nc13)CC2. The molecule has 2 aromatic carbocycles. The Bertz CT molecular complexity index is 1660. The molecule has 0 unspecified atom stereocenters. The Morgan fingerprint density at radius 3 is 2.45 bits per heavy atom. The van der Waals surface area contributed by atoms with Crippen molar-refractivity contribution in [3.8, 4) is 23.1 Å². The molecule has 1 saturated heterocycles. The van der Waals surface area contributed by atoms with Gasteiger partial charge in [-0.1, -0.05) is 30.3 Å². The van der Waals surface area contributed by atoms with Crippen molar-refractivity contribution >= 4 is 11.6 Å². The fourth-order valence-electron chi connectivity index (χ4n) is 6.35. The second kappa shape index (κ2) is 11.5. The lowest BCUT2D eigenvalue weighted by atomic mass is 9.90. The molecule has 216 valence electrons. The largest absolute Gasteiger partial charge is 0.493 e. The first-order chi connectivity index (χ1) is 20.7. The zero-order valence-electron chi connectivity index (χ0n) is 24.2. The van der Waals surface area contributed by atoms with Gasteiger partial charge in [0.05, 0.1) is 20.5 Å². The smallest absolute Gasteiger partial charge is 0.228 e. The third kappa shape index (κ3) is 5.20. The minimum Gasteiger partial charge on any atom is -0.493 e. The molecule has 42 heavy (non-hydrogen) atoms. The first kappa shape index (κ1) is 26.5. The van der Waals surface area contributed by atoms with Crippen LogP contribution in [0.2, 0.25) is 0 Å². The molecule has 0 N–H and O–H groups in total. The summed E-state index contributed by atoms with van der Waals surface area (Å²) >= 11 is 0. The van der Waals surface area contributed by atoms with Crippen LogP contribution in [0.3, 0.4) is 0 Å². The Kier molecular flexibility index (Phi) is 7.25. The monoisotopic (exact) mass is 564 g/mol. The van der Waals surface area contributed by atoms with Crippen LogP contribution in [0.25, 0.3) is 17.2 Å².